The summed E-state index contributed by atoms with van der Waals surface area (Å²) in [6, 6.07) is 7.61. The fraction of sp³-hybridized carbons (Fsp3) is 0.350. The molecule has 0 aliphatic carbocycles. The molecule has 28 heavy (non-hydrogen) atoms. The van der Waals surface area contributed by atoms with Crippen molar-refractivity contribution >= 4 is 17.5 Å². The van der Waals surface area contributed by atoms with E-state index in [1.165, 1.54) is 36.0 Å². The monoisotopic (exact) mass is 403 g/mol. The van der Waals surface area contributed by atoms with Crippen LogP contribution in [0.25, 0.3) is 0 Å². The van der Waals surface area contributed by atoms with E-state index >= 15 is 0 Å². The number of ether oxygens (including phenoxy) is 1. The van der Waals surface area contributed by atoms with E-state index in [9.17, 15) is 9.18 Å². The lowest BCUT2D eigenvalue weighted by atomic mass is 10.2. The van der Waals surface area contributed by atoms with Crippen LogP contribution in [0.3, 0.4) is 0 Å². The number of Topliss-reactive ketones (excluding diaryl/α,β-unsaturated/α-hetero) is 1. The van der Waals surface area contributed by atoms with Crippen LogP contribution in [-0.2, 0) is 6.54 Å². The number of aromatic nitrogens is 3. The molecule has 2 aromatic heterocycles. The molecule has 0 unspecified atom stereocenters. The van der Waals surface area contributed by atoms with Crippen LogP contribution in [0.1, 0.15) is 47.6 Å². The highest BCUT2D eigenvalue weighted by Crippen LogP contribution is 2.25. The zero-order valence-corrected chi connectivity index (χ0v) is 17.0. The molecule has 0 bridgehead atoms. The first kappa shape index (κ1) is 20.1. The molecule has 0 aliphatic rings. The first-order chi connectivity index (χ1) is 13.4. The Morgan fingerprint density at radius 3 is 2.64 bits per heavy atom. The van der Waals surface area contributed by atoms with Gasteiger partial charge in [-0.3, -0.25) is 4.79 Å². The third-order valence-electron chi connectivity index (χ3n) is 4.41. The molecule has 8 heteroatoms. The highest BCUT2D eigenvalue weighted by Gasteiger charge is 2.19. The van der Waals surface area contributed by atoms with Crippen molar-refractivity contribution in [1.82, 2.24) is 14.8 Å². The van der Waals surface area contributed by atoms with Crippen LogP contribution in [-0.4, -0.2) is 26.3 Å². The fourth-order valence-electron chi connectivity index (χ4n) is 2.99. The summed E-state index contributed by atoms with van der Waals surface area (Å²) in [5.41, 5.74) is 2.76. The van der Waals surface area contributed by atoms with Gasteiger partial charge in [0.1, 0.15) is 11.6 Å². The summed E-state index contributed by atoms with van der Waals surface area (Å²) in [7, 11) is 0. The molecule has 0 amide bonds. The van der Waals surface area contributed by atoms with Crippen LogP contribution >= 0.6 is 11.8 Å². The van der Waals surface area contributed by atoms with Gasteiger partial charge in [-0.1, -0.05) is 11.8 Å². The number of halogens is 1. The number of ketones is 1. The second-order valence-corrected chi connectivity index (χ2v) is 7.29. The predicted octanol–water partition coefficient (Wildman–Crippen LogP) is 4.76. The van der Waals surface area contributed by atoms with Crippen LogP contribution in [0.15, 0.2) is 40.0 Å². The fourth-order valence-corrected chi connectivity index (χ4v) is 3.64. The number of benzene rings is 1. The molecule has 3 aromatic rings. The maximum Gasteiger partial charge on any atom is 0.277 e. The zero-order valence-electron chi connectivity index (χ0n) is 16.2. The van der Waals surface area contributed by atoms with Crippen LogP contribution in [0.4, 0.5) is 4.39 Å². The molecular formula is C20H22FN3O3S. The minimum atomic E-state index is -0.494. The normalized spacial score (nSPS) is 12.2. The smallest absolute Gasteiger partial charge is 0.277 e. The van der Waals surface area contributed by atoms with Gasteiger partial charge in [0.2, 0.25) is 0 Å². The molecule has 0 fully saturated rings. The van der Waals surface area contributed by atoms with Crippen LogP contribution in [0.2, 0.25) is 0 Å². The van der Waals surface area contributed by atoms with Crippen LogP contribution in [0.5, 0.6) is 5.75 Å². The minimum absolute atomic E-state index is 0.0214. The molecule has 148 valence electrons. The van der Waals surface area contributed by atoms with Gasteiger partial charge in [0.25, 0.3) is 11.1 Å². The molecule has 0 N–H and O–H groups in total. The predicted molar refractivity (Wildman–Crippen MR) is 104 cm³/mol. The van der Waals surface area contributed by atoms with Gasteiger partial charge in [0.05, 0.1) is 5.75 Å². The molecule has 1 aromatic carbocycles. The molecule has 0 saturated carbocycles. The summed E-state index contributed by atoms with van der Waals surface area (Å²) in [5, 5.41) is 8.25. The van der Waals surface area contributed by atoms with Crippen molar-refractivity contribution < 1.29 is 18.3 Å². The number of carbonyl (C=O) groups excluding carboxylic acids is 1. The summed E-state index contributed by atoms with van der Waals surface area (Å²) >= 11 is 1.20. The Morgan fingerprint density at radius 2 is 2.00 bits per heavy atom. The minimum Gasteiger partial charge on any atom is -0.481 e. The van der Waals surface area contributed by atoms with Crippen molar-refractivity contribution in [2.75, 3.05) is 5.75 Å². The third-order valence-corrected chi connectivity index (χ3v) is 5.23. The lowest BCUT2D eigenvalue weighted by Gasteiger charge is -2.10. The van der Waals surface area contributed by atoms with Gasteiger partial charge in [0.15, 0.2) is 11.9 Å². The number of aryl methyl sites for hydroxylation is 1. The van der Waals surface area contributed by atoms with Gasteiger partial charge in [-0.2, -0.15) is 0 Å². The second kappa shape index (κ2) is 8.60. The van der Waals surface area contributed by atoms with Gasteiger partial charge in [-0.05, 0) is 58.0 Å². The van der Waals surface area contributed by atoms with E-state index in [4.69, 9.17) is 9.15 Å². The Hall–Kier alpha value is -2.61. The highest BCUT2D eigenvalue weighted by atomic mass is 32.2. The molecule has 2 heterocycles. The summed E-state index contributed by atoms with van der Waals surface area (Å²) < 4.78 is 26.3. The Kier molecular flexibility index (Phi) is 6.18. The number of nitrogens with zero attached hydrogens (tertiary/aromatic N) is 3. The average molecular weight is 403 g/mol. The van der Waals surface area contributed by atoms with Crippen LogP contribution in [0, 0.1) is 19.7 Å². The summed E-state index contributed by atoms with van der Waals surface area (Å²) in [6.07, 6.45) is -0.494. The van der Waals surface area contributed by atoms with E-state index in [0.717, 1.165) is 23.5 Å². The first-order valence-electron chi connectivity index (χ1n) is 8.97. The summed E-state index contributed by atoms with van der Waals surface area (Å²) in [4.78, 5) is 12.6. The lowest BCUT2D eigenvalue weighted by molar-refractivity contribution is 0.102. The number of hydrogen-bond donors (Lipinski definition) is 0. The largest absolute Gasteiger partial charge is 0.481 e. The van der Waals surface area contributed by atoms with Crippen molar-refractivity contribution in [2.24, 2.45) is 0 Å². The van der Waals surface area contributed by atoms with Crippen molar-refractivity contribution in [3.05, 3.63) is 59.0 Å². The van der Waals surface area contributed by atoms with Crippen molar-refractivity contribution in [1.29, 1.82) is 0 Å². The second-order valence-electron chi connectivity index (χ2n) is 6.36. The molecule has 0 aliphatic heterocycles. The van der Waals surface area contributed by atoms with Gasteiger partial charge >= 0.3 is 0 Å². The Labute approximate surface area is 167 Å². The van der Waals surface area contributed by atoms with Gasteiger partial charge in [0, 0.05) is 23.5 Å². The van der Waals surface area contributed by atoms with Crippen LogP contribution < -0.4 is 4.74 Å². The molecule has 1 atom stereocenters. The van der Waals surface area contributed by atoms with Gasteiger partial charge in [-0.15, -0.1) is 10.2 Å². The molecule has 0 radical (unpaired) electrons. The lowest BCUT2D eigenvalue weighted by Crippen LogP contribution is -2.05. The van der Waals surface area contributed by atoms with E-state index in [2.05, 4.69) is 21.7 Å². The molecule has 6 nitrogen and oxygen atoms in total. The summed E-state index contributed by atoms with van der Waals surface area (Å²) in [6.45, 7) is 8.59. The average Bonchev–Trinajstić information content (AvgIpc) is 3.26. The number of hydrogen-bond acceptors (Lipinski definition) is 6. The summed E-state index contributed by atoms with van der Waals surface area (Å²) in [5.74, 6) is 0.697. The molecule has 0 spiro atoms. The third kappa shape index (κ3) is 4.44. The highest BCUT2D eigenvalue weighted by molar-refractivity contribution is 7.99. The van der Waals surface area contributed by atoms with Gasteiger partial charge < -0.3 is 13.7 Å². The zero-order chi connectivity index (χ0) is 20.3. The number of carbonyl (C=O) groups is 1. The number of thioether (sulfide) groups is 1. The van der Waals surface area contributed by atoms with Crippen molar-refractivity contribution in [2.45, 2.75) is 45.6 Å². The van der Waals surface area contributed by atoms with E-state index in [0.29, 0.717) is 16.9 Å². The Morgan fingerprint density at radius 1 is 1.29 bits per heavy atom. The molecular weight excluding hydrogens is 381 g/mol. The van der Waals surface area contributed by atoms with Crippen molar-refractivity contribution in [3.8, 4) is 5.75 Å². The SMILES string of the molecule is CCn1c(C)cc(C(=O)CSc2nnc([C@H](C)Oc3ccc(F)cc3)o2)c1C. The quantitative estimate of drug-likeness (QED) is 0.399. The Bertz CT molecular complexity index is 966. The topological polar surface area (TPSA) is 70.2 Å². The first-order valence-corrected chi connectivity index (χ1v) is 9.96. The van der Waals surface area contributed by atoms with E-state index in [1.54, 1.807) is 6.92 Å². The molecule has 3 rings (SSSR count). The van der Waals surface area contributed by atoms with E-state index < -0.39 is 6.10 Å². The standard InChI is InChI=1S/C20H22FN3O3S/c1-5-24-12(2)10-17(13(24)3)18(25)11-28-20-23-22-19(27-20)14(4)26-16-8-6-15(21)7-9-16/h6-10,14H,5,11H2,1-4H3/t14-/m0/s1. The van der Waals surface area contributed by atoms with E-state index in [-0.39, 0.29) is 17.4 Å². The van der Waals surface area contributed by atoms with E-state index in [1.807, 2.05) is 19.9 Å². The maximum atomic E-state index is 13.0. The van der Waals surface area contributed by atoms with Crippen molar-refractivity contribution in [3.63, 3.8) is 0 Å². The van der Waals surface area contributed by atoms with Gasteiger partial charge in [-0.25, -0.2) is 4.39 Å². The maximum absolute atomic E-state index is 13.0. The molecule has 0 saturated heterocycles. The Balaban J connectivity index is 1.60. The number of rotatable bonds is 8.